The number of carbonyl (C=O) groups excluding carboxylic acids is 1. The molecule has 0 atom stereocenters. The summed E-state index contributed by atoms with van der Waals surface area (Å²) in [5, 5.41) is 3.33. The quantitative estimate of drug-likeness (QED) is 0.637. The Labute approximate surface area is 169 Å². The Kier molecular flexibility index (Phi) is 6.87. The first-order valence-corrected chi connectivity index (χ1v) is 11.8. The molecule has 1 amide bonds. The van der Waals surface area contributed by atoms with Crippen molar-refractivity contribution in [2.75, 3.05) is 11.9 Å². The zero-order valence-electron chi connectivity index (χ0n) is 17.3. The molecule has 2 saturated carbocycles. The Morgan fingerprint density at radius 2 is 1.50 bits per heavy atom. The molecular formula is C24H36N2O2. The number of pyridine rings is 1. The van der Waals surface area contributed by atoms with Crippen molar-refractivity contribution in [3.05, 3.63) is 17.3 Å². The molecule has 2 heterocycles. The number of anilines is 1. The van der Waals surface area contributed by atoms with E-state index in [9.17, 15) is 4.79 Å². The lowest BCUT2D eigenvalue weighted by atomic mass is 9.85. The molecule has 1 aliphatic heterocycles. The Balaban J connectivity index is 1.58. The van der Waals surface area contributed by atoms with Crippen LogP contribution in [0.25, 0.3) is 0 Å². The van der Waals surface area contributed by atoms with E-state index in [2.05, 4.69) is 10.3 Å². The number of nitrogens with zero attached hydrogens (tertiary/aromatic N) is 1. The van der Waals surface area contributed by atoms with Crippen molar-refractivity contribution in [2.45, 2.75) is 102 Å². The van der Waals surface area contributed by atoms with Crippen molar-refractivity contribution in [3.63, 3.8) is 0 Å². The lowest BCUT2D eigenvalue weighted by molar-refractivity contribution is -0.120. The summed E-state index contributed by atoms with van der Waals surface area (Å²) in [6, 6.07) is 0. The standard InChI is InChI=1S/C24H36N2O2/c27-23(19-13-9-5-6-10-14-19)26-21-17-25-24-20(15-16-28-24)22(21)18-11-7-3-1-2-4-8-12-18/h17-19H,1-16H2,(H,26,27). The van der Waals surface area contributed by atoms with E-state index in [0.29, 0.717) is 5.92 Å². The molecule has 4 rings (SSSR count). The van der Waals surface area contributed by atoms with Crippen LogP contribution in [0.1, 0.15) is 107 Å². The van der Waals surface area contributed by atoms with Crippen LogP contribution in [0.4, 0.5) is 5.69 Å². The maximum atomic E-state index is 13.1. The van der Waals surface area contributed by atoms with E-state index in [-0.39, 0.29) is 11.8 Å². The van der Waals surface area contributed by atoms with Crippen molar-refractivity contribution < 1.29 is 9.53 Å². The largest absolute Gasteiger partial charge is 0.477 e. The average molecular weight is 385 g/mol. The van der Waals surface area contributed by atoms with Gasteiger partial charge in [-0.3, -0.25) is 4.79 Å². The maximum absolute atomic E-state index is 13.1. The zero-order valence-corrected chi connectivity index (χ0v) is 17.3. The molecule has 3 aliphatic rings. The summed E-state index contributed by atoms with van der Waals surface area (Å²) >= 11 is 0. The highest BCUT2D eigenvalue weighted by atomic mass is 16.5. The minimum atomic E-state index is 0.167. The zero-order chi connectivity index (χ0) is 19.2. The highest BCUT2D eigenvalue weighted by Gasteiger charge is 2.28. The van der Waals surface area contributed by atoms with Gasteiger partial charge in [-0.25, -0.2) is 4.98 Å². The van der Waals surface area contributed by atoms with Crippen LogP contribution in [0.3, 0.4) is 0 Å². The van der Waals surface area contributed by atoms with Gasteiger partial charge in [-0.15, -0.1) is 0 Å². The van der Waals surface area contributed by atoms with Crippen LogP contribution < -0.4 is 10.1 Å². The summed E-state index contributed by atoms with van der Waals surface area (Å²) in [4.78, 5) is 17.6. The molecule has 4 heteroatoms. The van der Waals surface area contributed by atoms with Gasteiger partial charge in [0.15, 0.2) is 0 Å². The summed E-state index contributed by atoms with van der Waals surface area (Å²) in [6.07, 6.45) is 20.2. The fourth-order valence-corrected chi connectivity index (χ4v) is 5.43. The second-order valence-corrected chi connectivity index (χ2v) is 9.04. The number of rotatable bonds is 3. The Bertz CT molecular complexity index is 655. The molecule has 0 radical (unpaired) electrons. The molecule has 0 saturated heterocycles. The molecule has 0 bridgehead atoms. The summed E-state index contributed by atoms with van der Waals surface area (Å²) in [7, 11) is 0. The minimum Gasteiger partial charge on any atom is -0.477 e. The van der Waals surface area contributed by atoms with Gasteiger partial charge in [0.25, 0.3) is 0 Å². The van der Waals surface area contributed by atoms with E-state index in [1.54, 1.807) is 0 Å². The molecule has 0 unspecified atom stereocenters. The van der Waals surface area contributed by atoms with Gasteiger partial charge in [-0.05, 0) is 37.2 Å². The first kappa shape index (κ1) is 19.7. The molecule has 0 aromatic carbocycles. The molecule has 1 aromatic heterocycles. The summed E-state index contributed by atoms with van der Waals surface area (Å²) in [5.41, 5.74) is 3.59. The van der Waals surface area contributed by atoms with E-state index in [1.807, 2.05) is 6.20 Å². The summed E-state index contributed by atoms with van der Waals surface area (Å²) < 4.78 is 5.78. The summed E-state index contributed by atoms with van der Waals surface area (Å²) in [5.74, 6) is 1.72. The molecular weight excluding hydrogens is 348 g/mol. The van der Waals surface area contributed by atoms with Crippen LogP contribution in [0.2, 0.25) is 0 Å². The van der Waals surface area contributed by atoms with Gasteiger partial charge >= 0.3 is 0 Å². The van der Waals surface area contributed by atoms with E-state index >= 15 is 0 Å². The van der Waals surface area contributed by atoms with Crippen molar-refractivity contribution in [1.82, 2.24) is 4.98 Å². The number of nitrogens with one attached hydrogen (secondary N) is 1. The highest BCUT2D eigenvalue weighted by Crippen LogP contribution is 2.41. The third-order valence-corrected chi connectivity index (χ3v) is 7.02. The third-order valence-electron chi connectivity index (χ3n) is 7.02. The number of hydrogen-bond acceptors (Lipinski definition) is 3. The normalized spacial score (nSPS) is 22.3. The van der Waals surface area contributed by atoms with Gasteiger partial charge in [0, 0.05) is 17.9 Å². The fraction of sp³-hybridized carbons (Fsp3) is 0.750. The van der Waals surface area contributed by atoms with Crippen LogP contribution in [-0.2, 0) is 11.2 Å². The van der Waals surface area contributed by atoms with Gasteiger partial charge in [-0.1, -0.05) is 64.2 Å². The van der Waals surface area contributed by atoms with E-state index in [1.165, 1.54) is 88.2 Å². The summed E-state index contributed by atoms with van der Waals surface area (Å²) in [6.45, 7) is 0.724. The molecule has 0 spiro atoms. The molecule has 2 fully saturated rings. The van der Waals surface area contributed by atoms with Gasteiger partial charge in [0.05, 0.1) is 18.5 Å². The van der Waals surface area contributed by atoms with E-state index in [0.717, 1.165) is 37.4 Å². The van der Waals surface area contributed by atoms with Crippen LogP contribution in [-0.4, -0.2) is 17.5 Å². The van der Waals surface area contributed by atoms with Crippen molar-refractivity contribution in [2.24, 2.45) is 5.92 Å². The van der Waals surface area contributed by atoms with Crippen LogP contribution in [0.5, 0.6) is 5.88 Å². The Morgan fingerprint density at radius 1 is 0.893 bits per heavy atom. The molecule has 4 nitrogen and oxygen atoms in total. The number of hydrogen-bond donors (Lipinski definition) is 1. The van der Waals surface area contributed by atoms with Crippen molar-refractivity contribution in [1.29, 1.82) is 0 Å². The van der Waals surface area contributed by atoms with Crippen LogP contribution >= 0.6 is 0 Å². The average Bonchev–Trinajstić information content (AvgIpc) is 3.07. The SMILES string of the molecule is O=C(Nc1cnc2c(c1C1CCCCCCCC1)CCO2)C1CCCCCC1. The number of carbonyl (C=O) groups is 1. The van der Waals surface area contributed by atoms with Crippen molar-refractivity contribution >= 4 is 11.6 Å². The molecule has 154 valence electrons. The van der Waals surface area contributed by atoms with E-state index < -0.39 is 0 Å². The Hall–Kier alpha value is -1.58. The first-order valence-electron chi connectivity index (χ1n) is 11.8. The Morgan fingerprint density at radius 3 is 2.18 bits per heavy atom. The predicted molar refractivity (Wildman–Crippen MR) is 113 cm³/mol. The number of ether oxygens (including phenoxy) is 1. The fourth-order valence-electron chi connectivity index (χ4n) is 5.43. The topological polar surface area (TPSA) is 51.2 Å². The molecule has 1 aromatic rings. The number of amides is 1. The van der Waals surface area contributed by atoms with Crippen molar-refractivity contribution in [3.8, 4) is 5.88 Å². The number of aromatic nitrogens is 1. The number of fused-ring (bicyclic) bond motifs is 1. The lowest BCUT2D eigenvalue weighted by Gasteiger charge is -2.24. The van der Waals surface area contributed by atoms with Crippen LogP contribution in [0, 0.1) is 5.92 Å². The van der Waals surface area contributed by atoms with E-state index in [4.69, 9.17) is 4.74 Å². The smallest absolute Gasteiger partial charge is 0.227 e. The monoisotopic (exact) mass is 384 g/mol. The van der Waals surface area contributed by atoms with Gasteiger partial charge in [0.1, 0.15) is 0 Å². The molecule has 2 aliphatic carbocycles. The van der Waals surface area contributed by atoms with Gasteiger partial charge in [-0.2, -0.15) is 0 Å². The second-order valence-electron chi connectivity index (χ2n) is 9.04. The third kappa shape index (κ3) is 4.69. The van der Waals surface area contributed by atoms with Gasteiger partial charge < -0.3 is 10.1 Å². The molecule has 1 N–H and O–H groups in total. The predicted octanol–water partition coefficient (Wildman–Crippen LogP) is 6.14. The highest BCUT2D eigenvalue weighted by molar-refractivity contribution is 5.93. The maximum Gasteiger partial charge on any atom is 0.227 e. The molecule has 28 heavy (non-hydrogen) atoms. The van der Waals surface area contributed by atoms with Crippen LogP contribution in [0.15, 0.2) is 6.20 Å². The minimum absolute atomic E-state index is 0.167. The first-order chi connectivity index (χ1) is 13.8. The lowest BCUT2D eigenvalue weighted by Crippen LogP contribution is -2.24. The second kappa shape index (κ2) is 9.76. The van der Waals surface area contributed by atoms with Gasteiger partial charge in [0.2, 0.25) is 11.8 Å².